The summed E-state index contributed by atoms with van der Waals surface area (Å²) in [5, 5.41) is 5.85. The molecule has 1 aromatic rings. The van der Waals surface area contributed by atoms with E-state index in [0.717, 1.165) is 18.8 Å². The van der Waals surface area contributed by atoms with Crippen LogP contribution in [0.3, 0.4) is 0 Å². The Bertz CT molecular complexity index is 409. The molecular weight excluding hydrogens is 232 g/mol. The van der Waals surface area contributed by atoms with E-state index in [2.05, 4.69) is 17.6 Å². The van der Waals surface area contributed by atoms with Crippen molar-refractivity contribution in [2.45, 2.75) is 19.6 Å². The fourth-order valence-electron chi connectivity index (χ4n) is 1.73. The molecular formula is C13H18N2O3. The van der Waals surface area contributed by atoms with Crippen LogP contribution in [0.15, 0.2) is 24.3 Å². The van der Waals surface area contributed by atoms with E-state index in [1.807, 2.05) is 24.3 Å². The van der Waals surface area contributed by atoms with Gasteiger partial charge in [-0.2, -0.15) is 0 Å². The van der Waals surface area contributed by atoms with Crippen molar-refractivity contribution in [3.63, 3.8) is 0 Å². The summed E-state index contributed by atoms with van der Waals surface area (Å²) >= 11 is 0. The average Bonchev–Trinajstić information content (AvgIpc) is 2.80. The van der Waals surface area contributed by atoms with Gasteiger partial charge in [-0.05, 0) is 24.2 Å². The zero-order valence-electron chi connectivity index (χ0n) is 10.4. The van der Waals surface area contributed by atoms with E-state index in [9.17, 15) is 4.79 Å². The van der Waals surface area contributed by atoms with Crippen molar-refractivity contribution >= 4 is 6.09 Å². The van der Waals surface area contributed by atoms with Crippen LogP contribution < -0.4 is 15.4 Å². The lowest BCUT2D eigenvalue weighted by Crippen LogP contribution is -2.22. The lowest BCUT2D eigenvalue weighted by molar-refractivity contribution is 0.105. The third-order valence-corrected chi connectivity index (χ3v) is 2.66. The zero-order chi connectivity index (χ0) is 12.8. The second-order valence-corrected chi connectivity index (χ2v) is 4.15. The predicted molar refractivity (Wildman–Crippen MR) is 67.6 cm³/mol. The fourth-order valence-corrected chi connectivity index (χ4v) is 1.73. The molecule has 0 spiro atoms. The van der Waals surface area contributed by atoms with E-state index >= 15 is 0 Å². The molecule has 0 saturated carbocycles. The normalized spacial score (nSPS) is 18.3. The number of amides is 1. The van der Waals surface area contributed by atoms with Crippen LogP contribution in [-0.2, 0) is 11.3 Å². The first-order valence-corrected chi connectivity index (χ1v) is 6.15. The van der Waals surface area contributed by atoms with Crippen molar-refractivity contribution in [2.24, 2.45) is 0 Å². The number of ether oxygens (including phenoxy) is 2. The molecule has 1 unspecified atom stereocenters. The van der Waals surface area contributed by atoms with Gasteiger partial charge in [0.2, 0.25) is 0 Å². The number of rotatable bonds is 6. The van der Waals surface area contributed by atoms with Crippen molar-refractivity contribution in [1.29, 1.82) is 0 Å². The maximum Gasteiger partial charge on any atom is 0.407 e. The first kappa shape index (κ1) is 12.7. The van der Waals surface area contributed by atoms with Gasteiger partial charge in [0.05, 0.1) is 6.54 Å². The molecule has 1 heterocycles. The molecule has 1 aliphatic rings. The molecule has 5 heteroatoms. The summed E-state index contributed by atoms with van der Waals surface area (Å²) in [6, 6.07) is 7.90. The van der Waals surface area contributed by atoms with Crippen molar-refractivity contribution in [2.75, 3.05) is 19.7 Å². The number of alkyl carbamates (subject to hydrolysis) is 1. The predicted octanol–water partition coefficient (Wildman–Crippen LogP) is 1.28. The first-order chi connectivity index (χ1) is 8.78. The summed E-state index contributed by atoms with van der Waals surface area (Å²) in [6.07, 6.45) is -0.570. The molecule has 1 amide bonds. The second-order valence-electron chi connectivity index (χ2n) is 4.15. The van der Waals surface area contributed by atoms with Crippen molar-refractivity contribution in [3.05, 3.63) is 29.8 Å². The second kappa shape index (κ2) is 6.26. The van der Waals surface area contributed by atoms with Crippen molar-refractivity contribution in [1.82, 2.24) is 10.6 Å². The van der Waals surface area contributed by atoms with Gasteiger partial charge in [-0.15, -0.1) is 0 Å². The van der Waals surface area contributed by atoms with Gasteiger partial charge in [-0.1, -0.05) is 19.1 Å². The Morgan fingerprint density at radius 3 is 3.17 bits per heavy atom. The Morgan fingerprint density at radius 2 is 2.44 bits per heavy atom. The summed E-state index contributed by atoms with van der Waals surface area (Å²) in [6.45, 7) is 4.73. The summed E-state index contributed by atoms with van der Waals surface area (Å²) in [5.74, 6) is 0.799. The van der Waals surface area contributed by atoms with E-state index in [1.54, 1.807) is 0 Å². The monoisotopic (exact) mass is 250 g/mol. The third-order valence-electron chi connectivity index (χ3n) is 2.66. The van der Waals surface area contributed by atoms with Gasteiger partial charge in [0.1, 0.15) is 12.4 Å². The summed E-state index contributed by atoms with van der Waals surface area (Å²) in [7, 11) is 0. The number of benzene rings is 1. The Hall–Kier alpha value is -1.75. The van der Waals surface area contributed by atoms with Gasteiger partial charge in [0.15, 0.2) is 6.10 Å². The Morgan fingerprint density at radius 1 is 1.56 bits per heavy atom. The molecule has 5 nitrogen and oxygen atoms in total. The molecule has 1 fully saturated rings. The standard InChI is InChI=1S/C13H18N2O3/c1-2-14-7-10-4-3-5-11(6-10)17-9-12-8-15-13(16)18-12/h3-6,12,14H,2,7-9H2,1H3,(H,15,16). The molecule has 0 bridgehead atoms. The lowest BCUT2D eigenvalue weighted by atomic mass is 10.2. The highest BCUT2D eigenvalue weighted by Crippen LogP contribution is 2.14. The molecule has 2 N–H and O–H groups in total. The number of hydrogen-bond acceptors (Lipinski definition) is 4. The van der Waals surface area contributed by atoms with Gasteiger partial charge in [0, 0.05) is 6.54 Å². The van der Waals surface area contributed by atoms with E-state index in [0.29, 0.717) is 13.2 Å². The van der Waals surface area contributed by atoms with Crippen LogP contribution in [0.25, 0.3) is 0 Å². The molecule has 1 aromatic carbocycles. The van der Waals surface area contributed by atoms with Gasteiger partial charge in [0.25, 0.3) is 0 Å². The van der Waals surface area contributed by atoms with Crippen LogP contribution in [0.5, 0.6) is 5.75 Å². The minimum Gasteiger partial charge on any atom is -0.490 e. The Labute approximate surface area is 106 Å². The maximum atomic E-state index is 10.8. The largest absolute Gasteiger partial charge is 0.490 e. The van der Waals surface area contributed by atoms with Crippen LogP contribution in [0.2, 0.25) is 0 Å². The van der Waals surface area contributed by atoms with Gasteiger partial charge in [-0.25, -0.2) is 4.79 Å². The summed E-state index contributed by atoms with van der Waals surface area (Å²) in [5.41, 5.74) is 1.18. The zero-order valence-corrected chi connectivity index (χ0v) is 10.4. The van der Waals surface area contributed by atoms with Gasteiger partial charge >= 0.3 is 6.09 Å². The van der Waals surface area contributed by atoms with Gasteiger partial charge in [-0.3, -0.25) is 0 Å². The van der Waals surface area contributed by atoms with Crippen LogP contribution in [-0.4, -0.2) is 31.9 Å². The highest BCUT2D eigenvalue weighted by atomic mass is 16.6. The molecule has 18 heavy (non-hydrogen) atoms. The topological polar surface area (TPSA) is 59.6 Å². The van der Waals surface area contributed by atoms with E-state index < -0.39 is 0 Å². The molecule has 1 atom stereocenters. The quantitative estimate of drug-likeness (QED) is 0.798. The average molecular weight is 250 g/mol. The maximum absolute atomic E-state index is 10.8. The minimum absolute atomic E-state index is 0.199. The number of carbonyl (C=O) groups is 1. The number of hydrogen-bond donors (Lipinski definition) is 2. The molecule has 0 aromatic heterocycles. The molecule has 2 rings (SSSR count). The number of nitrogens with one attached hydrogen (secondary N) is 2. The van der Waals surface area contributed by atoms with Crippen LogP contribution in [0.1, 0.15) is 12.5 Å². The molecule has 0 radical (unpaired) electrons. The minimum atomic E-state index is -0.371. The first-order valence-electron chi connectivity index (χ1n) is 6.15. The van der Waals surface area contributed by atoms with Crippen LogP contribution >= 0.6 is 0 Å². The molecule has 98 valence electrons. The Balaban J connectivity index is 1.83. The number of cyclic esters (lactones) is 1. The van der Waals surface area contributed by atoms with Gasteiger partial charge < -0.3 is 20.1 Å². The highest BCUT2D eigenvalue weighted by Gasteiger charge is 2.22. The molecule has 0 aliphatic carbocycles. The SMILES string of the molecule is CCNCc1cccc(OCC2CNC(=O)O2)c1. The fraction of sp³-hybridized carbons (Fsp3) is 0.462. The van der Waals surface area contributed by atoms with Crippen molar-refractivity contribution in [3.8, 4) is 5.75 Å². The summed E-state index contributed by atoms with van der Waals surface area (Å²) < 4.78 is 10.6. The smallest absolute Gasteiger partial charge is 0.407 e. The molecule has 1 aliphatic heterocycles. The van der Waals surface area contributed by atoms with E-state index in [-0.39, 0.29) is 12.2 Å². The van der Waals surface area contributed by atoms with E-state index in [1.165, 1.54) is 5.56 Å². The Kier molecular flexibility index (Phi) is 4.41. The van der Waals surface area contributed by atoms with Crippen LogP contribution in [0, 0.1) is 0 Å². The third kappa shape index (κ3) is 3.63. The number of carbonyl (C=O) groups excluding carboxylic acids is 1. The summed E-state index contributed by atoms with van der Waals surface area (Å²) in [4.78, 5) is 10.8. The lowest BCUT2D eigenvalue weighted by Gasteiger charge is -2.11. The van der Waals surface area contributed by atoms with Crippen LogP contribution in [0.4, 0.5) is 4.79 Å². The highest BCUT2D eigenvalue weighted by molar-refractivity contribution is 5.69. The van der Waals surface area contributed by atoms with E-state index in [4.69, 9.17) is 9.47 Å². The van der Waals surface area contributed by atoms with Crippen molar-refractivity contribution < 1.29 is 14.3 Å². The molecule has 1 saturated heterocycles.